The lowest BCUT2D eigenvalue weighted by Crippen LogP contribution is -2.28. The molecule has 0 spiro atoms. The number of carbonyl (C=O) groups is 1. The fraction of sp³-hybridized carbons (Fsp3) is 0.333. The molecule has 0 saturated heterocycles. The molecule has 0 aliphatic carbocycles. The van der Waals surface area contributed by atoms with E-state index < -0.39 is 12.0 Å². The van der Waals surface area contributed by atoms with E-state index in [2.05, 4.69) is 11.4 Å². The van der Waals surface area contributed by atoms with Gasteiger partial charge in [0.15, 0.2) is 0 Å². The lowest BCUT2D eigenvalue weighted by atomic mass is 10.1. The Morgan fingerprint density at radius 1 is 1.65 bits per heavy atom. The summed E-state index contributed by atoms with van der Waals surface area (Å²) in [5, 5.41) is 21.0. The first-order valence-corrected chi connectivity index (χ1v) is 6.43. The van der Waals surface area contributed by atoms with E-state index in [1.165, 1.54) is 11.8 Å². The first-order valence-electron chi connectivity index (χ1n) is 5.20. The monoisotopic (exact) mass is 250 g/mol. The van der Waals surface area contributed by atoms with Crippen LogP contribution >= 0.6 is 11.8 Å². The Kier molecular flexibility index (Phi) is 4.85. The van der Waals surface area contributed by atoms with Crippen molar-refractivity contribution in [1.82, 2.24) is 0 Å². The summed E-state index contributed by atoms with van der Waals surface area (Å²) >= 11 is 1.47. The van der Waals surface area contributed by atoms with Crippen molar-refractivity contribution in [2.75, 3.05) is 11.6 Å². The highest BCUT2D eigenvalue weighted by Gasteiger charge is 2.17. The average molecular weight is 250 g/mol. The van der Waals surface area contributed by atoms with Crippen molar-refractivity contribution in [2.45, 2.75) is 24.3 Å². The van der Waals surface area contributed by atoms with E-state index in [0.29, 0.717) is 17.7 Å². The molecule has 1 aromatic carbocycles. The molecule has 5 heteroatoms. The molecule has 0 saturated carbocycles. The molecular weight excluding hydrogens is 236 g/mol. The van der Waals surface area contributed by atoms with Crippen LogP contribution in [0.25, 0.3) is 0 Å². The van der Waals surface area contributed by atoms with Crippen LogP contribution in [0.3, 0.4) is 0 Å². The zero-order chi connectivity index (χ0) is 12.8. The van der Waals surface area contributed by atoms with E-state index in [4.69, 9.17) is 10.4 Å². The maximum absolute atomic E-state index is 10.9. The van der Waals surface area contributed by atoms with Gasteiger partial charge in [-0.3, -0.25) is 0 Å². The number of benzene rings is 1. The van der Waals surface area contributed by atoms with Gasteiger partial charge in [0.1, 0.15) is 12.1 Å². The zero-order valence-corrected chi connectivity index (χ0v) is 10.5. The standard InChI is InChI=1S/C12H14N2O2S/c1-3-9(12(15)16)14-10-5-4-6-11(17-2)8(10)7-13/h4-6,9,14H,3H2,1-2H3,(H,15,16). The van der Waals surface area contributed by atoms with Gasteiger partial charge in [0.2, 0.25) is 0 Å². The van der Waals surface area contributed by atoms with Crippen molar-refractivity contribution in [3.05, 3.63) is 23.8 Å². The molecule has 0 heterocycles. The second-order valence-corrected chi connectivity index (χ2v) is 4.29. The van der Waals surface area contributed by atoms with Crippen LogP contribution < -0.4 is 5.32 Å². The van der Waals surface area contributed by atoms with E-state index >= 15 is 0 Å². The van der Waals surface area contributed by atoms with Gasteiger partial charge in [0.05, 0.1) is 11.3 Å². The number of thioether (sulfide) groups is 1. The van der Waals surface area contributed by atoms with E-state index in [0.717, 1.165) is 4.90 Å². The summed E-state index contributed by atoms with van der Waals surface area (Å²) in [5.41, 5.74) is 1.08. The van der Waals surface area contributed by atoms with Gasteiger partial charge >= 0.3 is 5.97 Å². The molecule has 1 aromatic rings. The summed E-state index contributed by atoms with van der Waals surface area (Å²) in [5.74, 6) is -0.911. The molecule has 0 aromatic heterocycles. The SMILES string of the molecule is CCC(Nc1cccc(SC)c1C#N)C(=O)O. The van der Waals surface area contributed by atoms with Gasteiger partial charge in [0.25, 0.3) is 0 Å². The summed E-state index contributed by atoms with van der Waals surface area (Å²) in [6, 6.07) is 6.82. The Morgan fingerprint density at radius 2 is 2.35 bits per heavy atom. The fourth-order valence-electron chi connectivity index (χ4n) is 1.46. The summed E-state index contributed by atoms with van der Waals surface area (Å²) in [6.07, 6.45) is 2.35. The number of carboxylic acid groups (broad SMARTS) is 1. The van der Waals surface area contributed by atoms with Gasteiger partial charge in [-0.25, -0.2) is 4.79 Å². The number of anilines is 1. The number of rotatable bonds is 5. The molecule has 1 atom stereocenters. The number of nitrogens with zero attached hydrogens (tertiary/aromatic N) is 1. The van der Waals surface area contributed by atoms with E-state index in [1.54, 1.807) is 13.0 Å². The van der Waals surface area contributed by atoms with Crippen LogP contribution in [0.2, 0.25) is 0 Å². The zero-order valence-electron chi connectivity index (χ0n) is 9.73. The highest BCUT2D eigenvalue weighted by Crippen LogP contribution is 2.26. The fourth-order valence-corrected chi connectivity index (χ4v) is 2.04. The van der Waals surface area contributed by atoms with E-state index in [-0.39, 0.29) is 0 Å². The lowest BCUT2D eigenvalue weighted by molar-refractivity contribution is -0.137. The van der Waals surface area contributed by atoms with Crippen LogP contribution in [-0.4, -0.2) is 23.4 Å². The minimum absolute atomic E-state index is 0.462. The quantitative estimate of drug-likeness (QED) is 0.786. The number of nitriles is 1. The number of hydrogen-bond donors (Lipinski definition) is 2. The van der Waals surface area contributed by atoms with Crippen LogP contribution in [0.5, 0.6) is 0 Å². The van der Waals surface area contributed by atoms with Crippen LogP contribution in [0, 0.1) is 11.3 Å². The third kappa shape index (κ3) is 3.14. The molecule has 0 aliphatic rings. The first kappa shape index (κ1) is 13.4. The molecule has 2 N–H and O–H groups in total. The summed E-state index contributed by atoms with van der Waals surface area (Å²) in [7, 11) is 0. The van der Waals surface area contributed by atoms with Crippen LogP contribution in [0.1, 0.15) is 18.9 Å². The van der Waals surface area contributed by atoms with Gasteiger partial charge in [-0.2, -0.15) is 5.26 Å². The summed E-state index contributed by atoms with van der Waals surface area (Å²) < 4.78 is 0. The molecule has 0 bridgehead atoms. The Hall–Kier alpha value is -1.67. The topological polar surface area (TPSA) is 73.1 Å². The second-order valence-electron chi connectivity index (χ2n) is 3.44. The number of hydrogen-bond acceptors (Lipinski definition) is 4. The smallest absolute Gasteiger partial charge is 0.326 e. The van der Waals surface area contributed by atoms with Gasteiger partial charge in [0, 0.05) is 4.90 Å². The van der Waals surface area contributed by atoms with Crippen molar-refractivity contribution in [1.29, 1.82) is 5.26 Å². The third-order valence-corrected chi connectivity index (χ3v) is 3.17. The molecule has 0 fully saturated rings. The average Bonchev–Trinajstić information content (AvgIpc) is 2.34. The molecule has 90 valence electrons. The molecular formula is C12H14N2O2S. The predicted octanol–water partition coefficient (Wildman–Crippen LogP) is 2.56. The molecule has 1 unspecified atom stereocenters. The Balaban J connectivity index is 3.06. The van der Waals surface area contributed by atoms with E-state index in [1.807, 2.05) is 18.4 Å². The molecule has 0 radical (unpaired) electrons. The Morgan fingerprint density at radius 3 is 2.82 bits per heavy atom. The summed E-state index contributed by atoms with van der Waals surface area (Å²) in [4.78, 5) is 11.8. The van der Waals surface area contributed by atoms with Gasteiger partial charge in [-0.1, -0.05) is 13.0 Å². The minimum atomic E-state index is -0.911. The van der Waals surface area contributed by atoms with Crippen molar-refractivity contribution >= 4 is 23.4 Å². The molecule has 0 aliphatic heterocycles. The number of carboxylic acids is 1. The molecule has 17 heavy (non-hydrogen) atoms. The van der Waals surface area contributed by atoms with Crippen LogP contribution in [-0.2, 0) is 4.79 Å². The largest absolute Gasteiger partial charge is 0.480 e. The van der Waals surface area contributed by atoms with Crippen molar-refractivity contribution in [2.24, 2.45) is 0 Å². The maximum Gasteiger partial charge on any atom is 0.326 e. The van der Waals surface area contributed by atoms with Gasteiger partial charge in [-0.05, 0) is 24.8 Å². The minimum Gasteiger partial charge on any atom is -0.480 e. The molecule has 0 amide bonds. The van der Waals surface area contributed by atoms with Crippen molar-refractivity contribution < 1.29 is 9.90 Å². The Bertz CT molecular complexity index is 454. The highest BCUT2D eigenvalue weighted by molar-refractivity contribution is 7.98. The number of nitrogens with one attached hydrogen (secondary N) is 1. The highest BCUT2D eigenvalue weighted by atomic mass is 32.2. The van der Waals surface area contributed by atoms with Crippen molar-refractivity contribution in [3.8, 4) is 6.07 Å². The van der Waals surface area contributed by atoms with Crippen molar-refractivity contribution in [3.63, 3.8) is 0 Å². The van der Waals surface area contributed by atoms with Crippen LogP contribution in [0.15, 0.2) is 23.1 Å². The summed E-state index contributed by atoms with van der Waals surface area (Å²) in [6.45, 7) is 1.79. The van der Waals surface area contributed by atoms with Gasteiger partial charge in [-0.15, -0.1) is 11.8 Å². The first-order chi connectivity index (χ1) is 8.13. The number of aliphatic carboxylic acids is 1. The maximum atomic E-state index is 10.9. The third-order valence-electron chi connectivity index (χ3n) is 2.39. The van der Waals surface area contributed by atoms with Gasteiger partial charge < -0.3 is 10.4 Å². The molecule has 1 rings (SSSR count). The predicted molar refractivity (Wildman–Crippen MR) is 68.3 cm³/mol. The Labute approximate surface area is 105 Å². The second kappa shape index (κ2) is 6.16. The van der Waals surface area contributed by atoms with Crippen LogP contribution in [0.4, 0.5) is 5.69 Å². The molecule has 4 nitrogen and oxygen atoms in total. The normalized spacial score (nSPS) is 11.6. The lowest BCUT2D eigenvalue weighted by Gasteiger charge is -2.15. The van der Waals surface area contributed by atoms with E-state index in [9.17, 15) is 4.79 Å².